The molecule has 0 aliphatic carbocycles. The van der Waals surface area contributed by atoms with E-state index in [1.165, 1.54) is 0 Å². The van der Waals surface area contributed by atoms with Gasteiger partial charge in [-0.05, 0) is 19.4 Å². The van der Waals surface area contributed by atoms with E-state index in [1.54, 1.807) is 0 Å². The van der Waals surface area contributed by atoms with Gasteiger partial charge in [-0.3, -0.25) is 4.90 Å². The molecule has 0 saturated heterocycles. The van der Waals surface area contributed by atoms with Crippen LogP contribution in [0.4, 0.5) is 0 Å². The van der Waals surface area contributed by atoms with Gasteiger partial charge in [0.2, 0.25) is 0 Å². The molecule has 0 spiro atoms. The Morgan fingerprint density at radius 3 is 2.21 bits per heavy atom. The predicted molar refractivity (Wildman–Crippen MR) is 58.0 cm³/mol. The van der Waals surface area contributed by atoms with Crippen molar-refractivity contribution in [1.29, 1.82) is 0 Å². The van der Waals surface area contributed by atoms with Crippen molar-refractivity contribution in [3.05, 3.63) is 12.7 Å². The van der Waals surface area contributed by atoms with Crippen molar-refractivity contribution in [2.24, 2.45) is 5.73 Å². The van der Waals surface area contributed by atoms with Gasteiger partial charge in [-0.2, -0.15) is 0 Å². The Labute approximate surface area is 86.0 Å². The van der Waals surface area contributed by atoms with Crippen molar-refractivity contribution in [3.8, 4) is 0 Å². The average molecular weight is 202 g/mol. The van der Waals surface area contributed by atoms with E-state index in [-0.39, 0.29) is 19.3 Å². The van der Waals surface area contributed by atoms with Crippen molar-refractivity contribution in [2.75, 3.05) is 32.8 Å². The van der Waals surface area contributed by atoms with Crippen LogP contribution in [0, 0.1) is 0 Å². The molecule has 84 valence electrons. The van der Waals surface area contributed by atoms with Gasteiger partial charge in [-0.1, -0.05) is 6.08 Å². The zero-order chi connectivity index (χ0) is 10.8. The summed E-state index contributed by atoms with van der Waals surface area (Å²) in [5.41, 5.74) is 5.50. The van der Waals surface area contributed by atoms with E-state index in [9.17, 15) is 0 Å². The van der Waals surface area contributed by atoms with Crippen molar-refractivity contribution in [2.45, 2.75) is 18.9 Å². The van der Waals surface area contributed by atoms with Crippen LogP contribution in [-0.2, 0) is 0 Å². The SMILES string of the molecule is C=CCC(CCN)N(CCO)CCO. The molecule has 0 heterocycles. The first kappa shape index (κ1) is 13.6. The molecule has 4 heteroatoms. The molecule has 0 rings (SSSR count). The third kappa shape index (κ3) is 5.34. The molecule has 0 aromatic rings. The number of nitrogens with zero attached hydrogens (tertiary/aromatic N) is 1. The fourth-order valence-corrected chi connectivity index (χ4v) is 1.57. The second-order valence-electron chi connectivity index (χ2n) is 3.24. The normalized spacial score (nSPS) is 13.1. The smallest absolute Gasteiger partial charge is 0.0558 e. The van der Waals surface area contributed by atoms with Gasteiger partial charge in [-0.25, -0.2) is 0 Å². The molecule has 0 aromatic carbocycles. The minimum absolute atomic E-state index is 0.109. The van der Waals surface area contributed by atoms with Crippen molar-refractivity contribution >= 4 is 0 Å². The minimum atomic E-state index is 0.109. The maximum atomic E-state index is 8.87. The van der Waals surface area contributed by atoms with Crippen molar-refractivity contribution in [1.82, 2.24) is 4.90 Å². The Morgan fingerprint density at radius 1 is 1.29 bits per heavy atom. The summed E-state index contributed by atoms with van der Waals surface area (Å²) in [6, 6.07) is 0.289. The van der Waals surface area contributed by atoms with Gasteiger partial charge in [0, 0.05) is 19.1 Å². The Bertz CT molecular complexity index is 136. The van der Waals surface area contributed by atoms with Gasteiger partial charge < -0.3 is 15.9 Å². The highest BCUT2D eigenvalue weighted by molar-refractivity contribution is 4.80. The summed E-state index contributed by atoms with van der Waals surface area (Å²) in [5, 5.41) is 17.7. The molecule has 0 saturated carbocycles. The van der Waals surface area contributed by atoms with E-state index in [1.807, 2.05) is 6.08 Å². The van der Waals surface area contributed by atoms with E-state index in [2.05, 4.69) is 11.5 Å². The second kappa shape index (κ2) is 9.15. The molecule has 0 aromatic heterocycles. The maximum absolute atomic E-state index is 8.87. The molecule has 0 aliphatic heterocycles. The monoisotopic (exact) mass is 202 g/mol. The summed E-state index contributed by atoms with van der Waals surface area (Å²) in [7, 11) is 0. The second-order valence-corrected chi connectivity index (χ2v) is 3.24. The lowest BCUT2D eigenvalue weighted by atomic mass is 10.1. The van der Waals surface area contributed by atoms with Crippen molar-refractivity contribution < 1.29 is 10.2 Å². The molecular weight excluding hydrogens is 180 g/mol. The zero-order valence-electron chi connectivity index (χ0n) is 8.73. The van der Waals surface area contributed by atoms with Crippen LogP contribution in [0.2, 0.25) is 0 Å². The third-order valence-corrected chi connectivity index (χ3v) is 2.23. The summed E-state index contributed by atoms with van der Waals surface area (Å²) in [6.07, 6.45) is 3.56. The largest absolute Gasteiger partial charge is 0.395 e. The standard InChI is InChI=1S/C10H22N2O2/c1-2-3-10(4-5-11)12(6-8-13)7-9-14/h2,10,13-14H,1,3-9,11H2. The lowest BCUT2D eigenvalue weighted by Gasteiger charge is -2.29. The molecule has 1 unspecified atom stereocenters. The van der Waals surface area contributed by atoms with Gasteiger partial charge in [-0.15, -0.1) is 6.58 Å². The molecule has 4 nitrogen and oxygen atoms in total. The van der Waals surface area contributed by atoms with E-state index in [0.717, 1.165) is 12.8 Å². The molecule has 0 fully saturated rings. The van der Waals surface area contributed by atoms with Crippen LogP contribution in [0.25, 0.3) is 0 Å². The number of aliphatic hydroxyl groups excluding tert-OH is 2. The van der Waals surface area contributed by atoms with E-state index >= 15 is 0 Å². The summed E-state index contributed by atoms with van der Waals surface area (Å²) in [5.74, 6) is 0. The summed E-state index contributed by atoms with van der Waals surface area (Å²) >= 11 is 0. The number of aliphatic hydroxyl groups is 2. The molecule has 1 atom stereocenters. The number of nitrogens with two attached hydrogens (primary N) is 1. The van der Waals surface area contributed by atoms with Gasteiger partial charge in [0.25, 0.3) is 0 Å². The number of hydrogen-bond acceptors (Lipinski definition) is 4. The zero-order valence-corrected chi connectivity index (χ0v) is 8.73. The van der Waals surface area contributed by atoms with Crippen LogP contribution in [0.1, 0.15) is 12.8 Å². The Morgan fingerprint density at radius 2 is 1.86 bits per heavy atom. The van der Waals surface area contributed by atoms with Crippen LogP contribution < -0.4 is 5.73 Å². The number of rotatable bonds is 9. The van der Waals surface area contributed by atoms with Crippen LogP contribution in [0.5, 0.6) is 0 Å². The first-order chi connectivity index (χ1) is 6.79. The summed E-state index contributed by atoms with van der Waals surface area (Å²) in [6.45, 7) is 5.69. The quantitative estimate of drug-likeness (QED) is 0.444. The highest BCUT2D eigenvalue weighted by Gasteiger charge is 2.15. The topological polar surface area (TPSA) is 69.7 Å². The highest BCUT2D eigenvalue weighted by atomic mass is 16.3. The molecule has 0 radical (unpaired) electrons. The Balaban J connectivity index is 4.12. The van der Waals surface area contributed by atoms with Gasteiger partial charge >= 0.3 is 0 Å². The number of hydrogen-bond donors (Lipinski definition) is 3. The fourth-order valence-electron chi connectivity index (χ4n) is 1.57. The maximum Gasteiger partial charge on any atom is 0.0558 e. The molecule has 4 N–H and O–H groups in total. The van der Waals surface area contributed by atoms with E-state index in [4.69, 9.17) is 15.9 Å². The van der Waals surface area contributed by atoms with E-state index in [0.29, 0.717) is 19.6 Å². The summed E-state index contributed by atoms with van der Waals surface area (Å²) < 4.78 is 0. The van der Waals surface area contributed by atoms with Gasteiger partial charge in [0.05, 0.1) is 13.2 Å². The van der Waals surface area contributed by atoms with Crippen LogP contribution in [-0.4, -0.2) is 54.0 Å². The van der Waals surface area contributed by atoms with E-state index < -0.39 is 0 Å². The molecule has 14 heavy (non-hydrogen) atoms. The van der Waals surface area contributed by atoms with Gasteiger partial charge in [0.15, 0.2) is 0 Å². The fraction of sp³-hybridized carbons (Fsp3) is 0.800. The van der Waals surface area contributed by atoms with Crippen LogP contribution >= 0.6 is 0 Å². The Kier molecular flexibility index (Phi) is 8.87. The average Bonchev–Trinajstić information content (AvgIpc) is 2.17. The lowest BCUT2D eigenvalue weighted by Crippen LogP contribution is -2.40. The third-order valence-electron chi connectivity index (χ3n) is 2.23. The van der Waals surface area contributed by atoms with Crippen LogP contribution in [0.15, 0.2) is 12.7 Å². The molecule has 0 bridgehead atoms. The Hall–Kier alpha value is -0.420. The first-order valence-corrected chi connectivity index (χ1v) is 5.06. The lowest BCUT2D eigenvalue weighted by molar-refractivity contribution is 0.118. The molecule has 0 aliphatic rings. The minimum Gasteiger partial charge on any atom is -0.395 e. The highest BCUT2D eigenvalue weighted by Crippen LogP contribution is 2.08. The van der Waals surface area contributed by atoms with Crippen molar-refractivity contribution in [3.63, 3.8) is 0 Å². The van der Waals surface area contributed by atoms with Crippen LogP contribution in [0.3, 0.4) is 0 Å². The predicted octanol–water partition coefficient (Wildman–Crippen LogP) is -0.433. The summed E-state index contributed by atoms with van der Waals surface area (Å²) in [4.78, 5) is 2.05. The molecular formula is C10H22N2O2. The molecule has 0 amide bonds. The van der Waals surface area contributed by atoms with Gasteiger partial charge in [0.1, 0.15) is 0 Å². The first-order valence-electron chi connectivity index (χ1n) is 5.06.